The Morgan fingerprint density at radius 3 is 2.46 bits per heavy atom. The van der Waals surface area contributed by atoms with Gasteiger partial charge in [0.15, 0.2) is 17.2 Å². The molecular weight excluding hydrogens is 462 g/mol. The van der Waals surface area contributed by atoms with Crippen molar-refractivity contribution in [1.82, 2.24) is 5.32 Å². The fourth-order valence-corrected chi connectivity index (χ4v) is 3.29. The third-order valence-electron chi connectivity index (χ3n) is 4.85. The summed E-state index contributed by atoms with van der Waals surface area (Å²) >= 11 is 0. The molecule has 2 N–H and O–H groups in total. The van der Waals surface area contributed by atoms with Crippen LogP contribution in [0.4, 0.5) is 16.2 Å². The number of anilines is 1. The first kappa shape index (κ1) is 25.0. The number of phenols is 1. The zero-order valence-electron chi connectivity index (χ0n) is 19.2. The lowest BCUT2D eigenvalue weighted by Crippen LogP contribution is -2.54. The van der Waals surface area contributed by atoms with Gasteiger partial charge in [-0.1, -0.05) is 6.92 Å². The highest BCUT2D eigenvalue weighted by Gasteiger charge is 2.37. The number of nitro groups is 1. The van der Waals surface area contributed by atoms with Gasteiger partial charge in [0.1, 0.15) is 5.57 Å². The van der Waals surface area contributed by atoms with Crippen LogP contribution in [0, 0.1) is 10.1 Å². The van der Waals surface area contributed by atoms with Gasteiger partial charge in [-0.2, -0.15) is 0 Å². The molecule has 4 amide bonds. The number of methoxy groups -OCH3 is 1. The van der Waals surface area contributed by atoms with Crippen LogP contribution >= 0.6 is 0 Å². The quantitative estimate of drug-likeness (QED) is 0.235. The maximum Gasteiger partial charge on any atom is 0.335 e. The molecule has 0 radical (unpaired) electrons. The van der Waals surface area contributed by atoms with Crippen LogP contribution in [0.5, 0.6) is 23.0 Å². The van der Waals surface area contributed by atoms with E-state index in [1.54, 1.807) is 6.92 Å². The molecule has 0 aromatic heterocycles. The van der Waals surface area contributed by atoms with E-state index in [-0.39, 0.29) is 29.4 Å². The summed E-state index contributed by atoms with van der Waals surface area (Å²) in [5.41, 5.74) is -0.992. The van der Waals surface area contributed by atoms with Crippen molar-refractivity contribution < 1.29 is 38.6 Å². The van der Waals surface area contributed by atoms with Gasteiger partial charge < -0.3 is 19.3 Å². The standard InChI is InChI=1S/C23H23N3O9/c1-4-8-35-17-7-6-14(12-18(17)33-3)25-22(29)15(21(28)24-23(25)30)9-13-10-16(26(31)32)20(27)19(11-13)34-5-2/h6-7,9-12,27H,4-5,8H2,1-3H3,(H,24,28,30)/b15-9+. The summed E-state index contributed by atoms with van der Waals surface area (Å²) in [5.74, 6) is -2.15. The van der Waals surface area contributed by atoms with E-state index < -0.39 is 39.8 Å². The summed E-state index contributed by atoms with van der Waals surface area (Å²) in [5, 5.41) is 23.5. The van der Waals surface area contributed by atoms with Crippen molar-refractivity contribution in [2.45, 2.75) is 20.3 Å². The van der Waals surface area contributed by atoms with Gasteiger partial charge >= 0.3 is 11.7 Å². The van der Waals surface area contributed by atoms with Gasteiger partial charge in [-0.05, 0) is 43.2 Å². The molecule has 2 aromatic rings. The number of hydrogen-bond acceptors (Lipinski definition) is 9. The number of barbiturate groups is 1. The van der Waals surface area contributed by atoms with E-state index in [2.05, 4.69) is 5.32 Å². The van der Waals surface area contributed by atoms with Gasteiger partial charge in [0.05, 0.1) is 30.9 Å². The number of phenolic OH excluding ortho intramolecular Hbond substituents is 1. The molecule has 12 heteroatoms. The molecule has 0 bridgehead atoms. The van der Waals surface area contributed by atoms with Crippen molar-refractivity contribution in [3.63, 3.8) is 0 Å². The van der Waals surface area contributed by atoms with Crippen LogP contribution in [0.25, 0.3) is 6.08 Å². The molecule has 184 valence electrons. The van der Waals surface area contributed by atoms with E-state index >= 15 is 0 Å². The number of nitro benzene ring substituents is 1. The minimum atomic E-state index is -0.986. The molecule has 0 unspecified atom stereocenters. The Morgan fingerprint density at radius 2 is 1.83 bits per heavy atom. The highest BCUT2D eigenvalue weighted by atomic mass is 16.6. The lowest BCUT2D eigenvalue weighted by atomic mass is 10.1. The fourth-order valence-electron chi connectivity index (χ4n) is 3.29. The second kappa shape index (κ2) is 10.5. The number of rotatable bonds is 9. The van der Waals surface area contributed by atoms with Gasteiger partial charge in [-0.15, -0.1) is 0 Å². The fraction of sp³-hybridized carbons (Fsp3) is 0.261. The van der Waals surface area contributed by atoms with E-state index in [1.165, 1.54) is 31.4 Å². The lowest BCUT2D eigenvalue weighted by molar-refractivity contribution is -0.386. The van der Waals surface area contributed by atoms with Gasteiger partial charge in [0, 0.05) is 12.1 Å². The Balaban J connectivity index is 2.05. The first-order valence-corrected chi connectivity index (χ1v) is 10.6. The smallest absolute Gasteiger partial charge is 0.335 e. The van der Waals surface area contributed by atoms with E-state index in [1.807, 2.05) is 6.92 Å². The van der Waals surface area contributed by atoms with Gasteiger partial charge in [0.25, 0.3) is 11.8 Å². The summed E-state index contributed by atoms with van der Waals surface area (Å²) < 4.78 is 16.1. The molecule has 0 atom stereocenters. The number of ether oxygens (including phenoxy) is 3. The summed E-state index contributed by atoms with van der Waals surface area (Å²) in [6, 6.07) is 5.64. The molecule has 3 rings (SSSR count). The molecule has 12 nitrogen and oxygen atoms in total. The summed E-state index contributed by atoms with van der Waals surface area (Å²) in [6.07, 6.45) is 1.83. The predicted octanol–water partition coefficient (Wildman–Crippen LogP) is 3.16. The first-order chi connectivity index (χ1) is 16.7. The molecule has 1 heterocycles. The zero-order valence-corrected chi connectivity index (χ0v) is 19.2. The molecule has 0 aliphatic carbocycles. The van der Waals surface area contributed by atoms with E-state index in [0.29, 0.717) is 12.4 Å². The summed E-state index contributed by atoms with van der Waals surface area (Å²) in [6.45, 7) is 4.09. The van der Waals surface area contributed by atoms with E-state index in [0.717, 1.165) is 23.5 Å². The molecule has 1 saturated heterocycles. The molecule has 1 aliphatic heterocycles. The number of carbonyl (C=O) groups excluding carboxylic acids is 3. The molecule has 1 fully saturated rings. The van der Waals surface area contributed by atoms with E-state index in [4.69, 9.17) is 14.2 Å². The Labute approximate surface area is 199 Å². The minimum Gasteiger partial charge on any atom is -0.500 e. The van der Waals surface area contributed by atoms with Crippen LogP contribution in [-0.4, -0.2) is 48.2 Å². The van der Waals surface area contributed by atoms with Gasteiger partial charge in [0.2, 0.25) is 5.75 Å². The highest BCUT2D eigenvalue weighted by Crippen LogP contribution is 2.38. The first-order valence-electron chi connectivity index (χ1n) is 10.6. The zero-order chi connectivity index (χ0) is 25.7. The number of hydrogen-bond donors (Lipinski definition) is 2. The topological polar surface area (TPSA) is 158 Å². The number of carbonyl (C=O) groups is 3. The van der Waals surface area contributed by atoms with Crippen molar-refractivity contribution in [3.05, 3.63) is 51.6 Å². The second-order valence-electron chi connectivity index (χ2n) is 7.22. The van der Waals surface area contributed by atoms with Gasteiger partial charge in [-0.3, -0.25) is 25.0 Å². The number of benzene rings is 2. The van der Waals surface area contributed by atoms with Crippen molar-refractivity contribution in [2.75, 3.05) is 25.2 Å². The SMILES string of the molecule is CCCOc1ccc(N2C(=O)NC(=O)/C(=C\c3cc(OCC)c(O)c([N+](=O)[O-])c3)C2=O)cc1OC. The van der Waals surface area contributed by atoms with Crippen LogP contribution in [0.3, 0.4) is 0 Å². The van der Waals surface area contributed by atoms with Crippen molar-refractivity contribution in [1.29, 1.82) is 0 Å². The number of imide groups is 2. The Hall–Kier alpha value is -4.61. The normalized spacial score (nSPS) is 14.7. The minimum absolute atomic E-state index is 0.0339. The van der Waals surface area contributed by atoms with Crippen molar-refractivity contribution in [3.8, 4) is 23.0 Å². The highest BCUT2D eigenvalue weighted by molar-refractivity contribution is 6.39. The average Bonchev–Trinajstić information content (AvgIpc) is 2.82. The number of aromatic hydroxyl groups is 1. The van der Waals surface area contributed by atoms with Gasteiger partial charge in [-0.25, -0.2) is 9.69 Å². The summed E-state index contributed by atoms with van der Waals surface area (Å²) in [4.78, 5) is 49.4. The second-order valence-corrected chi connectivity index (χ2v) is 7.22. The molecule has 35 heavy (non-hydrogen) atoms. The van der Waals surface area contributed by atoms with Crippen LogP contribution < -0.4 is 24.4 Å². The third-order valence-corrected chi connectivity index (χ3v) is 4.85. The molecule has 1 aliphatic rings. The predicted molar refractivity (Wildman–Crippen MR) is 124 cm³/mol. The number of nitrogens with zero attached hydrogens (tertiary/aromatic N) is 2. The average molecular weight is 485 g/mol. The van der Waals surface area contributed by atoms with Crippen molar-refractivity contribution >= 4 is 35.3 Å². The Bertz CT molecular complexity index is 1220. The molecule has 0 spiro atoms. The number of amides is 4. The van der Waals surface area contributed by atoms with Crippen LogP contribution in [-0.2, 0) is 9.59 Å². The summed E-state index contributed by atoms with van der Waals surface area (Å²) in [7, 11) is 1.40. The van der Waals surface area contributed by atoms with Crippen LogP contribution in [0.1, 0.15) is 25.8 Å². The Morgan fingerprint density at radius 1 is 1.09 bits per heavy atom. The Kier molecular flexibility index (Phi) is 7.54. The largest absolute Gasteiger partial charge is 0.500 e. The lowest BCUT2D eigenvalue weighted by Gasteiger charge is -2.27. The number of nitrogens with one attached hydrogen (secondary N) is 1. The number of urea groups is 1. The maximum absolute atomic E-state index is 13.2. The van der Waals surface area contributed by atoms with Crippen LogP contribution in [0.2, 0.25) is 0 Å². The van der Waals surface area contributed by atoms with Crippen molar-refractivity contribution in [2.24, 2.45) is 0 Å². The van der Waals surface area contributed by atoms with Crippen LogP contribution in [0.15, 0.2) is 35.9 Å². The monoisotopic (exact) mass is 485 g/mol. The maximum atomic E-state index is 13.2. The molecular formula is C23H23N3O9. The molecule has 2 aromatic carbocycles. The van der Waals surface area contributed by atoms with E-state index in [9.17, 15) is 29.6 Å². The third kappa shape index (κ3) is 5.16. The molecule has 0 saturated carbocycles.